The predicted molar refractivity (Wildman–Crippen MR) is 78.1 cm³/mol. The van der Waals surface area contributed by atoms with E-state index in [0.29, 0.717) is 23.2 Å². The first-order valence-electron chi connectivity index (χ1n) is 7.53. The number of aromatic nitrogens is 1. The van der Waals surface area contributed by atoms with Crippen molar-refractivity contribution in [2.24, 2.45) is 11.8 Å². The first-order valence-corrected chi connectivity index (χ1v) is 7.53. The smallest absolute Gasteiger partial charge is 0.257 e. The third kappa shape index (κ3) is 2.38. The Labute approximate surface area is 119 Å². The van der Waals surface area contributed by atoms with Gasteiger partial charge in [-0.1, -0.05) is 12.8 Å². The van der Waals surface area contributed by atoms with E-state index >= 15 is 0 Å². The molecule has 5 nitrogen and oxygen atoms in total. The van der Waals surface area contributed by atoms with Crippen LogP contribution in [0.1, 0.15) is 48.9 Å². The summed E-state index contributed by atoms with van der Waals surface area (Å²) in [4.78, 5) is 19.0. The second-order valence-electron chi connectivity index (χ2n) is 5.82. The fraction of sp³-hybridized carbons (Fsp3) is 0.600. The molecule has 2 atom stereocenters. The fourth-order valence-electron chi connectivity index (χ4n) is 3.72. The SMILES string of the molecule is NNc1ccncc1C(=O)N1CCC[C@H]2CCCC[C@H]21. The molecule has 0 unspecified atom stereocenters. The number of likely N-dealkylation sites (tertiary alicyclic amines) is 1. The highest BCUT2D eigenvalue weighted by atomic mass is 16.2. The average molecular weight is 274 g/mol. The number of piperidine rings is 1. The van der Waals surface area contributed by atoms with Crippen molar-refractivity contribution in [3.8, 4) is 0 Å². The third-order valence-electron chi connectivity index (χ3n) is 4.71. The van der Waals surface area contributed by atoms with Crippen molar-refractivity contribution in [2.45, 2.75) is 44.6 Å². The summed E-state index contributed by atoms with van der Waals surface area (Å²) in [6, 6.07) is 2.16. The summed E-state index contributed by atoms with van der Waals surface area (Å²) >= 11 is 0. The molecule has 3 rings (SSSR count). The number of anilines is 1. The Bertz CT molecular complexity index is 489. The molecule has 3 N–H and O–H groups in total. The van der Waals surface area contributed by atoms with Gasteiger partial charge in [0.25, 0.3) is 5.91 Å². The van der Waals surface area contributed by atoms with Crippen molar-refractivity contribution in [3.63, 3.8) is 0 Å². The zero-order chi connectivity index (χ0) is 13.9. The molecule has 2 fully saturated rings. The molecule has 2 heterocycles. The lowest BCUT2D eigenvalue weighted by atomic mass is 9.78. The molecule has 1 aromatic heterocycles. The quantitative estimate of drug-likeness (QED) is 0.640. The molecule has 1 saturated heterocycles. The maximum atomic E-state index is 12.8. The number of pyridine rings is 1. The number of hydrogen-bond acceptors (Lipinski definition) is 4. The minimum atomic E-state index is 0.0719. The van der Waals surface area contributed by atoms with Gasteiger partial charge in [-0.05, 0) is 37.7 Å². The molecule has 0 bridgehead atoms. The van der Waals surface area contributed by atoms with Crippen molar-refractivity contribution in [3.05, 3.63) is 24.0 Å². The topological polar surface area (TPSA) is 71.2 Å². The summed E-state index contributed by atoms with van der Waals surface area (Å²) in [6.07, 6.45) is 10.6. The lowest BCUT2D eigenvalue weighted by Crippen LogP contribution is -2.49. The van der Waals surface area contributed by atoms with E-state index in [-0.39, 0.29) is 5.91 Å². The number of nitrogens with zero attached hydrogens (tertiary/aromatic N) is 2. The van der Waals surface area contributed by atoms with Crippen molar-refractivity contribution >= 4 is 11.6 Å². The van der Waals surface area contributed by atoms with Crippen LogP contribution in [0, 0.1) is 5.92 Å². The zero-order valence-corrected chi connectivity index (χ0v) is 11.7. The molecule has 0 aromatic carbocycles. The number of fused-ring (bicyclic) bond motifs is 1. The largest absolute Gasteiger partial charge is 0.335 e. The number of rotatable bonds is 2. The van der Waals surface area contributed by atoms with Crippen LogP contribution in [0.4, 0.5) is 5.69 Å². The number of nitrogens with one attached hydrogen (secondary N) is 1. The summed E-state index contributed by atoms with van der Waals surface area (Å²) < 4.78 is 0. The van der Waals surface area contributed by atoms with Gasteiger partial charge in [-0.15, -0.1) is 0 Å². The van der Waals surface area contributed by atoms with Crippen LogP contribution in [0.2, 0.25) is 0 Å². The molecule has 0 radical (unpaired) electrons. The van der Waals surface area contributed by atoms with Crippen LogP contribution in [-0.2, 0) is 0 Å². The Morgan fingerprint density at radius 2 is 2.10 bits per heavy atom. The number of carbonyl (C=O) groups excluding carboxylic acids is 1. The van der Waals surface area contributed by atoms with Crippen LogP contribution in [0.3, 0.4) is 0 Å². The summed E-state index contributed by atoms with van der Waals surface area (Å²) in [5.41, 5.74) is 3.84. The number of carbonyl (C=O) groups is 1. The minimum absolute atomic E-state index is 0.0719. The number of amides is 1. The molecule has 2 aliphatic rings. The summed E-state index contributed by atoms with van der Waals surface area (Å²) in [6.45, 7) is 0.860. The second kappa shape index (κ2) is 5.79. The number of nitrogen functional groups attached to an aromatic ring is 1. The number of hydrazine groups is 1. The Hall–Kier alpha value is -1.62. The van der Waals surface area contributed by atoms with Crippen LogP contribution in [-0.4, -0.2) is 28.4 Å². The molecule has 0 spiro atoms. The van der Waals surface area contributed by atoms with Crippen molar-refractivity contribution in [2.75, 3.05) is 12.0 Å². The molecule has 5 heteroatoms. The summed E-state index contributed by atoms with van der Waals surface area (Å²) in [5, 5.41) is 0. The lowest BCUT2D eigenvalue weighted by Gasteiger charge is -2.44. The number of nitrogens with two attached hydrogens (primary N) is 1. The maximum Gasteiger partial charge on any atom is 0.257 e. The van der Waals surface area contributed by atoms with E-state index in [2.05, 4.69) is 15.3 Å². The van der Waals surface area contributed by atoms with Gasteiger partial charge < -0.3 is 10.3 Å². The van der Waals surface area contributed by atoms with Crippen molar-refractivity contribution in [1.29, 1.82) is 0 Å². The van der Waals surface area contributed by atoms with Gasteiger partial charge in [-0.25, -0.2) is 0 Å². The van der Waals surface area contributed by atoms with Gasteiger partial charge in [0.1, 0.15) is 0 Å². The lowest BCUT2D eigenvalue weighted by molar-refractivity contribution is 0.0391. The highest BCUT2D eigenvalue weighted by Crippen LogP contribution is 2.36. The van der Waals surface area contributed by atoms with Gasteiger partial charge in [0.05, 0.1) is 11.3 Å². The van der Waals surface area contributed by atoms with Gasteiger partial charge in [0.2, 0.25) is 0 Å². The van der Waals surface area contributed by atoms with E-state index in [0.717, 1.165) is 19.4 Å². The van der Waals surface area contributed by atoms with E-state index in [4.69, 9.17) is 5.84 Å². The van der Waals surface area contributed by atoms with Crippen LogP contribution >= 0.6 is 0 Å². The van der Waals surface area contributed by atoms with Gasteiger partial charge in [-0.3, -0.25) is 15.6 Å². The first-order chi connectivity index (χ1) is 9.81. The normalized spacial score (nSPS) is 25.9. The van der Waals surface area contributed by atoms with Crippen LogP contribution in [0.15, 0.2) is 18.5 Å². The van der Waals surface area contributed by atoms with Gasteiger partial charge in [0.15, 0.2) is 0 Å². The Balaban J connectivity index is 1.85. The summed E-state index contributed by atoms with van der Waals surface area (Å²) in [7, 11) is 0. The second-order valence-corrected chi connectivity index (χ2v) is 5.82. The van der Waals surface area contributed by atoms with Crippen LogP contribution in [0.5, 0.6) is 0 Å². The van der Waals surface area contributed by atoms with Crippen molar-refractivity contribution < 1.29 is 4.79 Å². The molecule has 1 amide bonds. The highest BCUT2D eigenvalue weighted by molar-refractivity contribution is 5.99. The Morgan fingerprint density at radius 1 is 1.30 bits per heavy atom. The molecule has 108 valence electrons. The van der Waals surface area contributed by atoms with E-state index in [1.165, 1.54) is 25.7 Å². The maximum absolute atomic E-state index is 12.8. The fourth-order valence-corrected chi connectivity index (χ4v) is 3.72. The van der Waals surface area contributed by atoms with Crippen molar-refractivity contribution in [1.82, 2.24) is 9.88 Å². The molecular weight excluding hydrogens is 252 g/mol. The van der Waals surface area contributed by atoms with Crippen LogP contribution in [0.25, 0.3) is 0 Å². The van der Waals surface area contributed by atoms with E-state index in [1.54, 1.807) is 18.5 Å². The van der Waals surface area contributed by atoms with Gasteiger partial charge in [-0.2, -0.15) is 0 Å². The number of hydrogen-bond donors (Lipinski definition) is 2. The molecule has 1 aromatic rings. The zero-order valence-electron chi connectivity index (χ0n) is 11.7. The van der Waals surface area contributed by atoms with E-state index < -0.39 is 0 Å². The van der Waals surface area contributed by atoms with Gasteiger partial charge in [0, 0.05) is 25.0 Å². The molecule has 1 aliphatic carbocycles. The van der Waals surface area contributed by atoms with Crippen LogP contribution < -0.4 is 11.3 Å². The average Bonchev–Trinajstić information content (AvgIpc) is 2.53. The molecule has 1 saturated carbocycles. The van der Waals surface area contributed by atoms with E-state index in [9.17, 15) is 4.79 Å². The minimum Gasteiger partial charge on any atom is -0.335 e. The standard InChI is InChI=1S/C15H22N4O/c16-18-13-7-8-17-10-12(13)15(20)19-9-3-5-11-4-1-2-6-14(11)19/h7-8,10-11,14H,1-6,9,16H2,(H,17,18)/t11-,14-/m1/s1. The Morgan fingerprint density at radius 3 is 2.95 bits per heavy atom. The Kier molecular flexibility index (Phi) is 3.87. The highest BCUT2D eigenvalue weighted by Gasteiger charge is 2.36. The summed E-state index contributed by atoms with van der Waals surface area (Å²) in [5.74, 6) is 6.26. The molecular formula is C15H22N4O. The first kappa shape index (κ1) is 13.4. The monoisotopic (exact) mass is 274 g/mol. The molecule has 1 aliphatic heterocycles. The van der Waals surface area contributed by atoms with E-state index in [1.807, 2.05) is 0 Å². The molecule has 20 heavy (non-hydrogen) atoms. The third-order valence-corrected chi connectivity index (χ3v) is 4.71. The van der Waals surface area contributed by atoms with Gasteiger partial charge >= 0.3 is 0 Å². The predicted octanol–water partition coefficient (Wildman–Crippen LogP) is 2.16.